The zero-order valence-corrected chi connectivity index (χ0v) is 23.4. The minimum Gasteiger partial charge on any atom is -0.342 e. The maximum Gasteiger partial charge on any atom is 0.226 e. The number of likely N-dealkylation sites (tertiary alicyclic amines) is 1. The van der Waals surface area contributed by atoms with Crippen LogP contribution in [0.25, 0.3) is 0 Å². The predicted molar refractivity (Wildman–Crippen MR) is 151 cm³/mol. The molecule has 2 aromatic rings. The van der Waals surface area contributed by atoms with Gasteiger partial charge in [0.1, 0.15) is 0 Å². The Labute approximate surface area is 228 Å². The molecule has 2 aromatic carbocycles. The van der Waals surface area contributed by atoms with Crippen LogP contribution < -0.4 is 0 Å². The quantitative estimate of drug-likeness (QED) is 0.448. The van der Waals surface area contributed by atoms with Crippen LogP contribution in [0.3, 0.4) is 0 Å². The number of hydrogen-bond acceptors (Lipinski definition) is 2. The van der Waals surface area contributed by atoms with Gasteiger partial charge in [-0.15, -0.1) is 0 Å². The summed E-state index contributed by atoms with van der Waals surface area (Å²) in [4.78, 5) is 31.2. The van der Waals surface area contributed by atoms with Gasteiger partial charge in [-0.25, -0.2) is 0 Å². The molecule has 7 atom stereocenters. The van der Waals surface area contributed by atoms with E-state index >= 15 is 0 Å². The third-order valence-corrected chi connectivity index (χ3v) is 11.6. The lowest BCUT2D eigenvalue weighted by molar-refractivity contribution is -0.161. The highest BCUT2D eigenvalue weighted by atomic mass is 16.2. The number of fused-ring (bicyclic) bond motifs is 5. The molecule has 202 valence electrons. The van der Waals surface area contributed by atoms with Gasteiger partial charge in [0, 0.05) is 38.5 Å². The molecular formula is C34H44N2O2. The van der Waals surface area contributed by atoms with Crippen LogP contribution in [0.15, 0.2) is 60.7 Å². The molecule has 6 rings (SSSR count). The van der Waals surface area contributed by atoms with Gasteiger partial charge in [-0.3, -0.25) is 9.59 Å². The maximum absolute atomic E-state index is 14.4. The van der Waals surface area contributed by atoms with E-state index in [-0.39, 0.29) is 16.7 Å². The van der Waals surface area contributed by atoms with Gasteiger partial charge in [0.15, 0.2) is 0 Å². The molecule has 4 aliphatic rings. The van der Waals surface area contributed by atoms with Gasteiger partial charge >= 0.3 is 0 Å². The third-order valence-electron chi connectivity index (χ3n) is 11.6. The van der Waals surface area contributed by atoms with Gasteiger partial charge in [0.25, 0.3) is 0 Å². The first-order valence-electron chi connectivity index (χ1n) is 14.9. The average Bonchev–Trinajstić information content (AvgIpc) is 3.29. The van der Waals surface area contributed by atoms with Crippen molar-refractivity contribution in [3.63, 3.8) is 0 Å². The molecule has 1 aliphatic heterocycles. The number of hydrogen-bond donors (Lipinski definition) is 0. The normalized spacial score (nSPS) is 36.2. The summed E-state index contributed by atoms with van der Waals surface area (Å²) in [5, 5.41) is 0. The Kier molecular flexibility index (Phi) is 6.64. The molecule has 0 bridgehead atoms. The van der Waals surface area contributed by atoms with E-state index in [1.165, 1.54) is 30.4 Å². The summed E-state index contributed by atoms with van der Waals surface area (Å²) in [6, 6.07) is 21.3. The number of nitrogens with zero attached hydrogens (tertiary/aromatic N) is 2. The first-order valence-corrected chi connectivity index (χ1v) is 14.9. The van der Waals surface area contributed by atoms with Gasteiger partial charge in [-0.1, -0.05) is 74.5 Å². The molecule has 1 heterocycles. The predicted octanol–water partition coefficient (Wildman–Crippen LogP) is 6.70. The van der Waals surface area contributed by atoms with Crippen molar-refractivity contribution in [1.29, 1.82) is 0 Å². The van der Waals surface area contributed by atoms with Crippen LogP contribution in [0.2, 0.25) is 0 Å². The maximum atomic E-state index is 14.4. The minimum atomic E-state index is 0.0729. The van der Waals surface area contributed by atoms with Gasteiger partial charge < -0.3 is 9.80 Å². The average molecular weight is 513 g/mol. The van der Waals surface area contributed by atoms with Crippen molar-refractivity contribution in [3.8, 4) is 0 Å². The number of carbonyl (C=O) groups is 2. The van der Waals surface area contributed by atoms with E-state index in [1.54, 1.807) is 0 Å². The van der Waals surface area contributed by atoms with Gasteiger partial charge in [0.2, 0.25) is 11.8 Å². The molecule has 0 spiro atoms. The zero-order chi connectivity index (χ0) is 26.5. The highest BCUT2D eigenvalue weighted by molar-refractivity contribution is 5.80. The van der Waals surface area contributed by atoms with E-state index in [9.17, 15) is 9.59 Å². The lowest BCUT2D eigenvalue weighted by Crippen LogP contribution is -2.61. The van der Waals surface area contributed by atoms with Gasteiger partial charge in [-0.05, 0) is 84.7 Å². The van der Waals surface area contributed by atoms with Crippen LogP contribution >= 0.6 is 0 Å². The Balaban J connectivity index is 1.25. The molecule has 0 N–H and O–H groups in total. The van der Waals surface area contributed by atoms with E-state index in [1.807, 2.05) is 19.2 Å². The number of benzene rings is 2. The Hall–Kier alpha value is -2.62. The molecule has 4 fully saturated rings. The van der Waals surface area contributed by atoms with Crippen molar-refractivity contribution in [1.82, 2.24) is 9.80 Å². The molecule has 3 saturated carbocycles. The topological polar surface area (TPSA) is 40.6 Å². The van der Waals surface area contributed by atoms with E-state index in [2.05, 4.69) is 72.2 Å². The molecule has 3 aliphatic carbocycles. The monoisotopic (exact) mass is 512 g/mol. The summed E-state index contributed by atoms with van der Waals surface area (Å²) in [5.74, 6) is 2.76. The molecule has 0 radical (unpaired) electrons. The molecular weight excluding hydrogens is 468 g/mol. The fourth-order valence-corrected chi connectivity index (χ4v) is 9.60. The number of carbonyl (C=O) groups excluding carboxylic acids is 2. The van der Waals surface area contributed by atoms with Crippen molar-refractivity contribution >= 4 is 11.8 Å². The summed E-state index contributed by atoms with van der Waals surface area (Å²) in [7, 11) is 2.04. The number of rotatable bonds is 5. The number of piperidine rings is 1. The van der Waals surface area contributed by atoms with E-state index in [0.717, 1.165) is 25.7 Å². The van der Waals surface area contributed by atoms with Crippen molar-refractivity contribution in [2.24, 2.45) is 34.5 Å². The smallest absolute Gasteiger partial charge is 0.226 e. The standard InChI is InChI=1S/C34H44N2O2/c1-33-20-18-28-26(14-17-30-34(28,2)21-19-31(37)35(30)3)27(33)15-16-29(33)32(38)36(22-24-10-6-4-7-11-24)23-25-12-8-5-9-13-25/h4-13,26-30H,14-23H2,1-3H3/t26-,27-,28-,29+,30+,33-,34+/m0/s1. The molecule has 0 unspecified atom stereocenters. The Bertz CT molecular complexity index is 1120. The molecule has 0 aromatic heterocycles. The fourth-order valence-electron chi connectivity index (χ4n) is 9.60. The fraction of sp³-hybridized carbons (Fsp3) is 0.588. The first kappa shape index (κ1) is 25.6. The summed E-state index contributed by atoms with van der Waals surface area (Å²) in [5.41, 5.74) is 2.69. The van der Waals surface area contributed by atoms with Crippen LogP contribution in [0.1, 0.15) is 76.3 Å². The van der Waals surface area contributed by atoms with E-state index < -0.39 is 0 Å². The SMILES string of the molecule is CN1C(=O)CC[C@]2(C)[C@H]3CC[C@]4(C)[C@@H](C(=O)N(Cc5ccccc5)Cc5ccccc5)CC[C@H]4[C@@H]3CC[C@@H]12. The Morgan fingerprint density at radius 1 is 0.816 bits per heavy atom. The first-order chi connectivity index (χ1) is 18.3. The highest BCUT2D eigenvalue weighted by Crippen LogP contribution is 2.66. The molecule has 2 amide bonds. The molecule has 4 heteroatoms. The Morgan fingerprint density at radius 3 is 2.05 bits per heavy atom. The minimum absolute atomic E-state index is 0.0729. The van der Waals surface area contributed by atoms with Crippen molar-refractivity contribution < 1.29 is 9.59 Å². The van der Waals surface area contributed by atoms with E-state index in [0.29, 0.717) is 55.1 Å². The van der Waals surface area contributed by atoms with Crippen molar-refractivity contribution in [2.75, 3.05) is 7.05 Å². The summed E-state index contributed by atoms with van der Waals surface area (Å²) in [6.07, 6.45) is 8.60. The lowest BCUT2D eigenvalue weighted by Gasteiger charge is -2.61. The van der Waals surface area contributed by atoms with Crippen molar-refractivity contribution in [2.45, 2.75) is 84.3 Å². The number of amides is 2. The summed E-state index contributed by atoms with van der Waals surface area (Å²) < 4.78 is 0. The highest BCUT2D eigenvalue weighted by Gasteiger charge is 2.62. The van der Waals surface area contributed by atoms with Crippen LogP contribution in [-0.2, 0) is 22.7 Å². The second-order valence-electron chi connectivity index (χ2n) is 13.3. The Morgan fingerprint density at radius 2 is 1.42 bits per heavy atom. The summed E-state index contributed by atoms with van der Waals surface area (Å²) in [6.45, 7) is 6.27. The lowest BCUT2D eigenvalue weighted by atomic mass is 9.47. The molecule has 1 saturated heterocycles. The van der Waals surface area contributed by atoms with Crippen LogP contribution in [0.5, 0.6) is 0 Å². The van der Waals surface area contributed by atoms with Crippen LogP contribution in [-0.4, -0.2) is 34.7 Å². The largest absolute Gasteiger partial charge is 0.342 e. The van der Waals surface area contributed by atoms with Gasteiger partial charge in [0.05, 0.1) is 0 Å². The van der Waals surface area contributed by atoms with Crippen LogP contribution in [0.4, 0.5) is 0 Å². The summed E-state index contributed by atoms with van der Waals surface area (Å²) >= 11 is 0. The van der Waals surface area contributed by atoms with Crippen molar-refractivity contribution in [3.05, 3.63) is 71.8 Å². The van der Waals surface area contributed by atoms with Gasteiger partial charge in [-0.2, -0.15) is 0 Å². The second kappa shape index (κ2) is 9.84. The van der Waals surface area contributed by atoms with E-state index in [4.69, 9.17) is 0 Å². The second-order valence-corrected chi connectivity index (χ2v) is 13.3. The molecule has 4 nitrogen and oxygen atoms in total. The zero-order valence-electron chi connectivity index (χ0n) is 23.4. The molecule has 38 heavy (non-hydrogen) atoms. The third kappa shape index (κ3) is 4.19. The van der Waals surface area contributed by atoms with Crippen LogP contribution in [0, 0.1) is 34.5 Å².